The number of pyridine rings is 1. The van der Waals surface area contributed by atoms with Crippen LogP contribution in [0.3, 0.4) is 0 Å². The lowest BCUT2D eigenvalue weighted by atomic mass is 10.1. The number of nitrogens with one attached hydrogen (secondary N) is 1. The van der Waals surface area contributed by atoms with E-state index < -0.39 is 0 Å². The van der Waals surface area contributed by atoms with Gasteiger partial charge in [0.25, 0.3) is 0 Å². The van der Waals surface area contributed by atoms with Crippen molar-refractivity contribution in [1.29, 1.82) is 0 Å². The first-order valence-electron chi connectivity index (χ1n) is 10.4. The van der Waals surface area contributed by atoms with Crippen LogP contribution in [-0.4, -0.2) is 42.2 Å². The molecule has 29 heavy (non-hydrogen) atoms. The van der Waals surface area contributed by atoms with E-state index in [-0.39, 0.29) is 24.8 Å². The number of nitrogens with zero attached hydrogens (tertiary/aromatic N) is 2. The van der Waals surface area contributed by atoms with Gasteiger partial charge < -0.3 is 10.1 Å². The van der Waals surface area contributed by atoms with Gasteiger partial charge in [-0.2, -0.15) is 0 Å². The number of hydrogen-bond donors (Lipinski definition) is 1. The number of methoxy groups -OCH3 is 1. The Balaban J connectivity index is 0.00000392. The summed E-state index contributed by atoms with van der Waals surface area (Å²) >= 11 is 0. The highest BCUT2D eigenvalue weighted by Gasteiger charge is 2.12. The van der Waals surface area contributed by atoms with Gasteiger partial charge in [-0.15, -0.1) is 24.8 Å². The number of aromatic nitrogens is 1. The molecule has 0 spiro atoms. The minimum absolute atomic E-state index is 0. The summed E-state index contributed by atoms with van der Waals surface area (Å²) < 4.78 is 5.47. The van der Waals surface area contributed by atoms with Gasteiger partial charge in [0, 0.05) is 36.3 Å². The van der Waals surface area contributed by atoms with E-state index in [0.29, 0.717) is 12.1 Å². The lowest BCUT2D eigenvalue weighted by Gasteiger charge is -2.30. The van der Waals surface area contributed by atoms with Crippen LogP contribution >= 0.6 is 24.8 Å². The second-order valence-corrected chi connectivity index (χ2v) is 7.97. The number of aryl methyl sites for hydroxylation is 1. The van der Waals surface area contributed by atoms with Gasteiger partial charge in [-0.05, 0) is 71.7 Å². The van der Waals surface area contributed by atoms with Gasteiger partial charge in [0.05, 0.1) is 18.3 Å². The van der Waals surface area contributed by atoms with Crippen LogP contribution in [-0.2, 0) is 0 Å². The Morgan fingerprint density at radius 3 is 2.28 bits per heavy atom. The maximum atomic E-state index is 5.47. The second kappa shape index (κ2) is 13.9. The van der Waals surface area contributed by atoms with Crippen molar-refractivity contribution in [3.63, 3.8) is 0 Å². The minimum Gasteiger partial charge on any atom is -0.497 e. The summed E-state index contributed by atoms with van der Waals surface area (Å²) in [5, 5.41) is 4.73. The van der Waals surface area contributed by atoms with Crippen molar-refractivity contribution in [3.8, 4) is 5.75 Å². The molecular formula is C23H39Cl2N3O. The lowest BCUT2D eigenvalue weighted by molar-refractivity contribution is 0.171. The van der Waals surface area contributed by atoms with Crippen molar-refractivity contribution < 1.29 is 4.74 Å². The molecule has 1 aromatic carbocycles. The van der Waals surface area contributed by atoms with Gasteiger partial charge in [-0.3, -0.25) is 9.88 Å². The number of rotatable bonds is 11. The Bertz CT molecular complexity index is 715. The van der Waals surface area contributed by atoms with Gasteiger partial charge in [0.15, 0.2) is 0 Å². The number of benzene rings is 1. The highest BCUT2D eigenvalue weighted by Crippen LogP contribution is 2.29. The molecule has 0 aliphatic carbocycles. The third kappa shape index (κ3) is 8.19. The van der Waals surface area contributed by atoms with Crippen molar-refractivity contribution in [3.05, 3.63) is 30.0 Å². The summed E-state index contributed by atoms with van der Waals surface area (Å²) in [5.41, 5.74) is 3.32. The molecule has 0 unspecified atom stereocenters. The van der Waals surface area contributed by atoms with Crippen LogP contribution < -0.4 is 10.1 Å². The van der Waals surface area contributed by atoms with Crippen LogP contribution in [0.25, 0.3) is 10.9 Å². The first-order chi connectivity index (χ1) is 12.9. The predicted octanol–water partition coefficient (Wildman–Crippen LogP) is 6.49. The monoisotopic (exact) mass is 443 g/mol. The molecular weight excluding hydrogens is 405 g/mol. The third-order valence-corrected chi connectivity index (χ3v) is 5.26. The van der Waals surface area contributed by atoms with Gasteiger partial charge in [-0.25, -0.2) is 0 Å². The zero-order valence-electron chi connectivity index (χ0n) is 18.8. The normalized spacial score (nSPS) is 10.9. The molecule has 0 atom stereocenters. The van der Waals surface area contributed by atoms with Crippen molar-refractivity contribution in [2.75, 3.05) is 25.5 Å². The third-order valence-electron chi connectivity index (χ3n) is 5.26. The smallest absolute Gasteiger partial charge is 0.121 e. The molecule has 4 nitrogen and oxygen atoms in total. The van der Waals surface area contributed by atoms with Crippen molar-refractivity contribution in [2.24, 2.45) is 0 Å². The van der Waals surface area contributed by atoms with E-state index in [1.54, 1.807) is 7.11 Å². The minimum atomic E-state index is 0. The summed E-state index contributed by atoms with van der Waals surface area (Å²) in [5.74, 6) is 0.878. The average molecular weight is 444 g/mol. The molecule has 0 fully saturated rings. The molecule has 166 valence electrons. The first kappa shape index (κ1) is 27.8. The van der Waals surface area contributed by atoms with Crippen LogP contribution in [0, 0.1) is 6.92 Å². The number of ether oxygens (including phenoxy) is 1. The van der Waals surface area contributed by atoms with E-state index >= 15 is 0 Å². The average Bonchev–Trinajstić information content (AvgIpc) is 2.63. The van der Waals surface area contributed by atoms with E-state index in [0.717, 1.165) is 28.9 Å². The summed E-state index contributed by atoms with van der Waals surface area (Å²) in [4.78, 5) is 7.15. The van der Waals surface area contributed by atoms with Crippen LogP contribution in [0.1, 0.15) is 58.9 Å². The van der Waals surface area contributed by atoms with Crippen LogP contribution in [0.5, 0.6) is 5.75 Å². The van der Waals surface area contributed by atoms with Crippen LogP contribution in [0.15, 0.2) is 24.4 Å². The molecule has 0 saturated heterocycles. The number of halogens is 2. The van der Waals surface area contributed by atoms with E-state index in [1.165, 1.54) is 37.8 Å². The molecule has 0 aliphatic rings. The van der Waals surface area contributed by atoms with Gasteiger partial charge in [0.2, 0.25) is 0 Å². The number of anilines is 1. The topological polar surface area (TPSA) is 37.4 Å². The SMILES string of the molecule is COc1cc(NCCCCCCN(C(C)C)C(C)C)c2nccc(C)c2c1.Cl.Cl. The summed E-state index contributed by atoms with van der Waals surface area (Å²) in [6, 6.07) is 7.42. The predicted molar refractivity (Wildman–Crippen MR) is 131 cm³/mol. The molecule has 2 aromatic rings. The quantitative estimate of drug-likeness (QED) is 0.402. The van der Waals surface area contributed by atoms with Gasteiger partial charge in [-0.1, -0.05) is 12.8 Å². The van der Waals surface area contributed by atoms with Crippen LogP contribution in [0.4, 0.5) is 5.69 Å². The highest BCUT2D eigenvalue weighted by molar-refractivity contribution is 5.93. The van der Waals surface area contributed by atoms with Gasteiger partial charge in [0.1, 0.15) is 5.75 Å². The molecule has 0 bridgehead atoms. The summed E-state index contributed by atoms with van der Waals surface area (Å²) in [6.45, 7) is 13.4. The zero-order valence-corrected chi connectivity index (χ0v) is 20.5. The molecule has 1 heterocycles. The fourth-order valence-electron chi connectivity index (χ4n) is 3.72. The molecule has 1 N–H and O–H groups in total. The first-order valence-corrected chi connectivity index (χ1v) is 10.4. The van der Waals surface area contributed by atoms with E-state index in [1.807, 2.05) is 12.3 Å². The molecule has 1 aromatic heterocycles. The van der Waals surface area contributed by atoms with Gasteiger partial charge >= 0.3 is 0 Å². The Hall–Kier alpha value is -1.23. The molecule has 0 radical (unpaired) electrons. The van der Waals surface area contributed by atoms with E-state index in [4.69, 9.17) is 4.74 Å². The fourth-order valence-corrected chi connectivity index (χ4v) is 3.72. The summed E-state index contributed by atoms with van der Waals surface area (Å²) in [7, 11) is 1.72. The highest BCUT2D eigenvalue weighted by atomic mass is 35.5. The fraction of sp³-hybridized carbons (Fsp3) is 0.609. The Morgan fingerprint density at radius 2 is 1.66 bits per heavy atom. The van der Waals surface area contributed by atoms with E-state index in [2.05, 4.69) is 62.0 Å². The number of hydrogen-bond acceptors (Lipinski definition) is 4. The van der Waals surface area contributed by atoms with Crippen molar-refractivity contribution in [1.82, 2.24) is 9.88 Å². The maximum absolute atomic E-state index is 5.47. The number of unbranched alkanes of at least 4 members (excludes halogenated alkanes) is 3. The Morgan fingerprint density at radius 1 is 1.00 bits per heavy atom. The molecule has 2 rings (SSSR count). The second-order valence-electron chi connectivity index (χ2n) is 7.97. The standard InChI is InChI=1S/C23H37N3O.2ClH/c1-17(2)26(18(3)4)14-10-8-7-9-12-24-22-16-20(27-6)15-21-19(5)11-13-25-23(21)22;;/h11,13,15-18,24H,7-10,12,14H2,1-6H3;2*1H. The lowest BCUT2D eigenvalue weighted by Crippen LogP contribution is -2.37. The van der Waals surface area contributed by atoms with Crippen molar-refractivity contribution >= 4 is 41.4 Å². The Labute approximate surface area is 189 Å². The molecule has 0 saturated carbocycles. The number of fused-ring (bicyclic) bond motifs is 1. The van der Waals surface area contributed by atoms with Crippen molar-refractivity contribution in [2.45, 2.75) is 72.4 Å². The molecule has 0 aliphatic heterocycles. The molecule has 0 amide bonds. The zero-order chi connectivity index (χ0) is 19.8. The molecule has 6 heteroatoms. The Kier molecular flexibility index (Phi) is 13.3. The summed E-state index contributed by atoms with van der Waals surface area (Å²) in [6.07, 6.45) is 6.87. The maximum Gasteiger partial charge on any atom is 0.121 e. The largest absolute Gasteiger partial charge is 0.497 e. The van der Waals surface area contributed by atoms with Crippen LogP contribution in [0.2, 0.25) is 0 Å². The van der Waals surface area contributed by atoms with E-state index in [9.17, 15) is 0 Å².